The highest BCUT2D eigenvalue weighted by atomic mass is 16.3. The minimum atomic E-state index is 0.134. The second kappa shape index (κ2) is 5.54. The zero-order valence-corrected chi connectivity index (χ0v) is 5.67. The van der Waals surface area contributed by atoms with Crippen molar-refractivity contribution in [1.82, 2.24) is 4.90 Å². The number of nitriles is 1. The number of hydrogen-bond acceptors (Lipinski definition) is 3. The van der Waals surface area contributed by atoms with Crippen LogP contribution in [0.3, 0.4) is 0 Å². The average Bonchev–Trinajstić information content (AvgIpc) is 1.88. The van der Waals surface area contributed by atoms with Crippen molar-refractivity contribution in [3.05, 3.63) is 0 Å². The maximum absolute atomic E-state index is 8.44. The van der Waals surface area contributed by atoms with Gasteiger partial charge in [0.2, 0.25) is 0 Å². The summed E-state index contributed by atoms with van der Waals surface area (Å²) in [4.78, 5) is 1.88. The Kier molecular flexibility index (Phi) is 5.18. The van der Waals surface area contributed by atoms with Gasteiger partial charge in [-0.1, -0.05) is 6.92 Å². The van der Waals surface area contributed by atoms with Gasteiger partial charge in [-0.3, -0.25) is 4.90 Å². The van der Waals surface area contributed by atoms with Crippen LogP contribution in [-0.2, 0) is 0 Å². The number of rotatable bonds is 4. The van der Waals surface area contributed by atoms with Crippen molar-refractivity contribution in [3.8, 4) is 6.07 Å². The molecule has 0 fully saturated rings. The van der Waals surface area contributed by atoms with Gasteiger partial charge in [0.05, 0.1) is 19.2 Å². The van der Waals surface area contributed by atoms with Crippen molar-refractivity contribution < 1.29 is 5.11 Å². The molecule has 0 spiro atoms. The van der Waals surface area contributed by atoms with Gasteiger partial charge in [-0.05, 0) is 6.54 Å². The molecule has 52 valence electrons. The summed E-state index contributed by atoms with van der Waals surface area (Å²) < 4.78 is 0. The van der Waals surface area contributed by atoms with Crippen LogP contribution in [0, 0.1) is 11.3 Å². The van der Waals surface area contributed by atoms with Crippen molar-refractivity contribution in [2.45, 2.75) is 6.92 Å². The average molecular weight is 128 g/mol. The molecule has 0 aromatic heterocycles. The standard InChI is InChI=1S/C6H12N2O/c1-2-8(4-3-7)5-6-9/h9H,2,4-6H2,1H3. The first-order chi connectivity index (χ1) is 4.35. The molecule has 0 aliphatic carbocycles. The zero-order chi connectivity index (χ0) is 7.11. The highest BCUT2D eigenvalue weighted by Gasteiger charge is 1.96. The van der Waals surface area contributed by atoms with Crippen molar-refractivity contribution in [3.63, 3.8) is 0 Å². The van der Waals surface area contributed by atoms with Gasteiger partial charge in [-0.25, -0.2) is 0 Å². The smallest absolute Gasteiger partial charge is 0.0866 e. The third-order valence-corrected chi connectivity index (χ3v) is 1.16. The number of nitrogens with zero attached hydrogens (tertiary/aromatic N) is 2. The van der Waals surface area contributed by atoms with Gasteiger partial charge in [0.15, 0.2) is 0 Å². The molecule has 3 nitrogen and oxygen atoms in total. The summed E-state index contributed by atoms with van der Waals surface area (Å²) in [6, 6.07) is 2.02. The van der Waals surface area contributed by atoms with E-state index in [4.69, 9.17) is 10.4 Å². The molecule has 0 aliphatic heterocycles. The van der Waals surface area contributed by atoms with Crippen LogP contribution in [0.5, 0.6) is 0 Å². The largest absolute Gasteiger partial charge is 0.395 e. The van der Waals surface area contributed by atoms with E-state index < -0.39 is 0 Å². The van der Waals surface area contributed by atoms with E-state index in [1.54, 1.807) is 0 Å². The summed E-state index contributed by atoms with van der Waals surface area (Å²) in [5.41, 5.74) is 0. The van der Waals surface area contributed by atoms with Gasteiger partial charge in [0, 0.05) is 6.54 Å². The number of hydrogen-bond donors (Lipinski definition) is 1. The summed E-state index contributed by atoms with van der Waals surface area (Å²) in [5, 5.41) is 16.7. The Labute approximate surface area is 55.5 Å². The fourth-order valence-electron chi connectivity index (χ4n) is 0.590. The molecule has 0 aromatic rings. The van der Waals surface area contributed by atoms with Gasteiger partial charge in [-0.15, -0.1) is 0 Å². The molecule has 0 radical (unpaired) electrons. The van der Waals surface area contributed by atoms with Gasteiger partial charge < -0.3 is 5.11 Å². The first-order valence-electron chi connectivity index (χ1n) is 3.05. The van der Waals surface area contributed by atoms with Gasteiger partial charge in [0.25, 0.3) is 0 Å². The summed E-state index contributed by atoms with van der Waals surface area (Å²) in [7, 11) is 0. The molecule has 0 unspecified atom stereocenters. The molecular weight excluding hydrogens is 116 g/mol. The lowest BCUT2D eigenvalue weighted by Crippen LogP contribution is -2.26. The lowest BCUT2D eigenvalue weighted by atomic mass is 10.5. The second-order valence-electron chi connectivity index (χ2n) is 1.75. The van der Waals surface area contributed by atoms with E-state index in [0.29, 0.717) is 13.1 Å². The summed E-state index contributed by atoms with van der Waals surface area (Å²) >= 11 is 0. The molecule has 0 amide bonds. The molecule has 9 heavy (non-hydrogen) atoms. The van der Waals surface area contributed by atoms with Crippen molar-refractivity contribution in [1.29, 1.82) is 5.26 Å². The Hall–Kier alpha value is -0.590. The van der Waals surface area contributed by atoms with Crippen molar-refractivity contribution in [2.24, 2.45) is 0 Å². The molecule has 0 bridgehead atoms. The lowest BCUT2D eigenvalue weighted by molar-refractivity contribution is 0.216. The predicted molar refractivity (Wildman–Crippen MR) is 34.8 cm³/mol. The molecular formula is C6H12N2O. The number of aliphatic hydroxyl groups excluding tert-OH is 1. The molecule has 0 aromatic carbocycles. The second-order valence-corrected chi connectivity index (χ2v) is 1.75. The topological polar surface area (TPSA) is 47.3 Å². The molecule has 0 saturated heterocycles. The van der Waals surface area contributed by atoms with Crippen LogP contribution >= 0.6 is 0 Å². The molecule has 0 atom stereocenters. The molecule has 0 rings (SSSR count). The van der Waals surface area contributed by atoms with E-state index in [2.05, 4.69) is 0 Å². The van der Waals surface area contributed by atoms with E-state index in [1.165, 1.54) is 0 Å². The fraction of sp³-hybridized carbons (Fsp3) is 0.833. The first-order valence-corrected chi connectivity index (χ1v) is 3.05. The zero-order valence-electron chi connectivity index (χ0n) is 5.67. The molecule has 0 heterocycles. The third kappa shape index (κ3) is 3.95. The Bertz CT molecular complexity index is 97.7. The molecule has 0 saturated carbocycles. The summed E-state index contributed by atoms with van der Waals surface area (Å²) in [6.45, 7) is 3.94. The number of likely N-dealkylation sites (N-methyl/N-ethyl adjacent to an activating group) is 1. The minimum Gasteiger partial charge on any atom is -0.395 e. The maximum Gasteiger partial charge on any atom is 0.0866 e. The van der Waals surface area contributed by atoms with E-state index in [1.807, 2.05) is 17.9 Å². The lowest BCUT2D eigenvalue weighted by Gasteiger charge is -2.13. The monoisotopic (exact) mass is 128 g/mol. The van der Waals surface area contributed by atoms with Gasteiger partial charge in [-0.2, -0.15) is 5.26 Å². The van der Waals surface area contributed by atoms with Gasteiger partial charge in [0.1, 0.15) is 0 Å². The van der Waals surface area contributed by atoms with E-state index in [0.717, 1.165) is 6.54 Å². The third-order valence-electron chi connectivity index (χ3n) is 1.16. The Morgan fingerprint density at radius 2 is 2.33 bits per heavy atom. The Morgan fingerprint density at radius 1 is 1.67 bits per heavy atom. The molecule has 3 heteroatoms. The van der Waals surface area contributed by atoms with Crippen molar-refractivity contribution >= 4 is 0 Å². The summed E-state index contributed by atoms with van der Waals surface area (Å²) in [5.74, 6) is 0. The SMILES string of the molecule is CCN(CC#N)CCO. The van der Waals surface area contributed by atoms with Crippen molar-refractivity contribution in [2.75, 3.05) is 26.2 Å². The van der Waals surface area contributed by atoms with Crippen LogP contribution in [0.25, 0.3) is 0 Å². The normalized spacial score (nSPS) is 9.56. The van der Waals surface area contributed by atoms with Crippen LogP contribution < -0.4 is 0 Å². The van der Waals surface area contributed by atoms with E-state index >= 15 is 0 Å². The van der Waals surface area contributed by atoms with E-state index in [9.17, 15) is 0 Å². The van der Waals surface area contributed by atoms with Crippen LogP contribution in [0.15, 0.2) is 0 Å². The highest BCUT2D eigenvalue weighted by Crippen LogP contribution is 1.82. The van der Waals surface area contributed by atoms with Crippen LogP contribution in [0.2, 0.25) is 0 Å². The van der Waals surface area contributed by atoms with Crippen LogP contribution in [0.1, 0.15) is 6.92 Å². The Morgan fingerprint density at radius 3 is 2.67 bits per heavy atom. The summed E-state index contributed by atoms with van der Waals surface area (Å²) in [6.07, 6.45) is 0. The van der Waals surface area contributed by atoms with Crippen LogP contribution in [-0.4, -0.2) is 36.2 Å². The molecule has 0 aliphatic rings. The maximum atomic E-state index is 8.44. The predicted octanol–water partition coefficient (Wildman–Crippen LogP) is -0.176. The Balaban J connectivity index is 3.32. The minimum absolute atomic E-state index is 0.134. The molecule has 1 N–H and O–H groups in total. The quantitative estimate of drug-likeness (QED) is 0.534. The van der Waals surface area contributed by atoms with E-state index in [-0.39, 0.29) is 6.61 Å². The fourth-order valence-corrected chi connectivity index (χ4v) is 0.590. The first kappa shape index (κ1) is 8.41. The van der Waals surface area contributed by atoms with Crippen LogP contribution in [0.4, 0.5) is 0 Å². The number of aliphatic hydroxyl groups is 1. The van der Waals surface area contributed by atoms with Gasteiger partial charge >= 0.3 is 0 Å². The highest BCUT2D eigenvalue weighted by molar-refractivity contribution is 4.75.